The third kappa shape index (κ3) is 4.24. The zero-order valence-electron chi connectivity index (χ0n) is 10.0. The molecule has 1 aromatic rings. The van der Waals surface area contributed by atoms with Crippen LogP contribution < -0.4 is 10.0 Å². The lowest BCUT2D eigenvalue weighted by molar-refractivity contribution is 0.0784. The fourth-order valence-corrected chi connectivity index (χ4v) is 4.30. The summed E-state index contributed by atoms with van der Waals surface area (Å²) in [5.41, 5.74) is 0. The summed E-state index contributed by atoms with van der Waals surface area (Å²) >= 11 is 6.52. The van der Waals surface area contributed by atoms with Crippen LogP contribution in [0.4, 0.5) is 0 Å². The van der Waals surface area contributed by atoms with Crippen molar-refractivity contribution in [3.05, 3.63) is 27.1 Å². The van der Waals surface area contributed by atoms with Gasteiger partial charge in [0.2, 0.25) is 10.0 Å². The van der Waals surface area contributed by atoms with Crippen LogP contribution in [0.2, 0.25) is 0 Å². The molecule has 5 nitrogen and oxygen atoms in total. The van der Waals surface area contributed by atoms with Crippen LogP contribution in [0.5, 0.6) is 0 Å². The smallest absolute Gasteiger partial charge is 0.241 e. The summed E-state index contributed by atoms with van der Waals surface area (Å²) in [6.07, 6.45) is 0. The summed E-state index contributed by atoms with van der Waals surface area (Å²) in [5.74, 6) is 0. The number of rotatable bonds is 4. The highest BCUT2D eigenvalue weighted by atomic mass is 79.9. The van der Waals surface area contributed by atoms with Gasteiger partial charge >= 0.3 is 0 Å². The van der Waals surface area contributed by atoms with Crippen molar-refractivity contribution in [2.45, 2.75) is 10.9 Å². The van der Waals surface area contributed by atoms with E-state index in [1.54, 1.807) is 18.2 Å². The minimum atomic E-state index is -3.54. The van der Waals surface area contributed by atoms with Crippen molar-refractivity contribution >= 4 is 41.9 Å². The molecule has 1 aliphatic rings. The second kappa shape index (κ2) is 6.64. The van der Waals surface area contributed by atoms with Crippen LogP contribution in [-0.4, -0.2) is 40.8 Å². The van der Waals surface area contributed by atoms with Gasteiger partial charge in [-0.25, -0.2) is 13.1 Å². The van der Waals surface area contributed by atoms with Gasteiger partial charge in [0.1, 0.15) is 0 Å². The Balaban J connectivity index is 2.07. The molecule has 19 heavy (non-hydrogen) atoms. The molecule has 0 saturated carbocycles. The lowest BCUT2D eigenvalue weighted by Gasteiger charge is -2.24. The van der Waals surface area contributed by atoms with E-state index in [1.165, 1.54) is 0 Å². The molecule has 1 heterocycles. The Bertz CT molecular complexity index is 545. The van der Waals surface area contributed by atoms with Gasteiger partial charge in [-0.1, -0.05) is 15.9 Å². The van der Waals surface area contributed by atoms with Gasteiger partial charge < -0.3 is 10.1 Å². The maximum atomic E-state index is 12.2. The van der Waals surface area contributed by atoms with Crippen molar-refractivity contribution in [2.75, 3.05) is 26.3 Å². The molecule has 0 spiro atoms. The van der Waals surface area contributed by atoms with Crippen LogP contribution in [0.3, 0.4) is 0 Å². The van der Waals surface area contributed by atoms with Crippen LogP contribution in [0.25, 0.3) is 0 Å². The normalized spacial score (nSPS) is 20.4. The maximum Gasteiger partial charge on any atom is 0.241 e. The van der Waals surface area contributed by atoms with E-state index in [0.717, 1.165) is 11.0 Å². The Morgan fingerprint density at radius 3 is 2.89 bits per heavy atom. The second-order valence-corrected chi connectivity index (χ2v) is 7.66. The first-order valence-electron chi connectivity index (χ1n) is 5.75. The standard InChI is InChI=1S/C11H14Br2N2O3S/c12-8-1-2-10(13)11(5-8)19(16,17)15-6-9-7-18-4-3-14-9/h1-2,5,9,14-15H,3-4,6-7H2. The van der Waals surface area contributed by atoms with Gasteiger partial charge in [-0.2, -0.15) is 0 Å². The molecule has 2 rings (SSSR count). The molecule has 8 heteroatoms. The van der Waals surface area contributed by atoms with Gasteiger partial charge in [0.25, 0.3) is 0 Å². The van der Waals surface area contributed by atoms with Crippen LogP contribution in [0.1, 0.15) is 0 Å². The molecule has 106 valence electrons. The number of hydrogen-bond acceptors (Lipinski definition) is 4. The minimum Gasteiger partial charge on any atom is -0.378 e. The van der Waals surface area contributed by atoms with Crippen molar-refractivity contribution in [2.24, 2.45) is 0 Å². The first kappa shape index (κ1) is 15.4. The van der Waals surface area contributed by atoms with Gasteiger partial charge in [-0.15, -0.1) is 0 Å². The van der Waals surface area contributed by atoms with E-state index in [4.69, 9.17) is 4.74 Å². The summed E-state index contributed by atoms with van der Waals surface area (Å²) in [6, 6.07) is 5.05. The molecule has 0 aromatic heterocycles. The summed E-state index contributed by atoms with van der Waals surface area (Å²) < 4.78 is 33.6. The third-order valence-corrected chi connectivity index (χ3v) is 5.61. The van der Waals surface area contributed by atoms with E-state index in [2.05, 4.69) is 41.9 Å². The lowest BCUT2D eigenvalue weighted by Crippen LogP contribution is -2.48. The van der Waals surface area contributed by atoms with Gasteiger partial charge in [-0.05, 0) is 34.1 Å². The van der Waals surface area contributed by atoms with E-state index < -0.39 is 10.0 Å². The second-order valence-electron chi connectivity index (χ2n) is 4.15. The number of morpholine rings is 1. The SMILES string of the molecule is O=S(=O)(NCC1COCCN1)c1cc(Br)ccc1Br. The molecule has 0 amide bonds. The Hall–Kier alpha value is 0.01000. The average Bonchev–Trinajstić information content (AvgIpc) is 2.40. The van der Waals surface area contributed by atoms with Crippen molar-refractivity contribution < 1.29 is 13.2 Å². The van der Waals surface area contributed by atoms with Gasteiger partial charge in [0, 0.05) is 28.1 Å². The van der Waals surface area contributed by atoms with Crippen molar-refractivity contribution in [1.29, 1.82) is 0 Å². The third-order valence-electron chi connectivity index (χ3n) is 2.70. The fraction of sp³-hybridized carbons (Fsp3) is 0.455. The van der Waals surface area contributed by atoms with E-state index in [0.29, 0.717) is 24.2 Å². The number of hydrogen-bond donors (Lipinski definition) is 2. The summed E-state index contributed by atoms with van der Waals surface area (Å²) in [4.78, 5) is 0.221. The molecule has 1 saturated heterocycles. The molecular formula is C11H14Br2N2O3S. The molecule has 1 fully saturated rings. The lowest BCUT2D eigenvalue weighted by atomic mass is 10.3. The van der Waals surface area contributed by atoms with Crippen LogP contribution >= 0.6 is 31.9 Å². The summed E-state index contributed by atoms with van der Waals surface area (Å²) in [7, 11) is -3.54. The highest BCUT2D eigenvalue weighted by Crippen LogP contribution is 2.25. The average molecular weight is 414 g/mol. The van der Waals surface area contributed by atoms with Crippen LogP contribution in [0, 0.1) is 0 Å². The highest BCUT2D eigenvalue weighted by Gasteiger charge is 2.21. The van der Waals surface area contributed by atoms with Crippen molar-refractivity contribution in [3.8, 4) is 0 Å². The molecule has 0 radical (unpaired) electrons. The van der Waals surface area contributed by atoms with Crippen LogP contribution in [0.15, 0.2) is 32.0 Å². The van der Waals surface area contributed by atoms with Gasteiger partial charge in [0.05, 0.1) is 18.1 Å². The van der Waals surface area contributed by atoms with E-state index in [9.17, 15) is 8.42 Å². The summed E-state index contributed by atoms with van der Waals surface area (Å²) in [5, 5.41) is 3.20. The largest absolute Gasteiger partial charge is 0.378 e. The Kier molecular flexibility index (Phi) is 5.38. The minimum absolute atomic E-state index is 0.00875. The Labute approximate surface area is 129 Å². The molecular weight excluding hydrogens is 400 g/mol. The molecule has 1 atom stereocenters. The monoisotopic (exact) mass is 412 g/mol. The Morgan fingerprint density at radius 1 is 1.42 bits per heavy atom. The zero-order chi connectivity index (χ0) is 13.9. The van der Waals surface area contributed by atoms with Gasteiger partial charge in [0.15, 0.2) is 0 Å². The highest BCUT2D eigenvalue weighted by molar-refractivity contribution is 9.11. The van der Waals surface area contributed by atoms with Gasteiger partial charge in [-0.3, -0.25) is 0 Å². The number of halogens is 2. The number of ether oxygens (including phenoxy) is 1. The molecule has 1 aliphatic heterocycles. The molecule has 0 aliphatic carbocycles. The van der Waals surface area contributed by atoms with Crippen LogP contribution in [-0.2, 0) is 14.8 Å². The first-order chi connectivity index (χ1) is 8.99. The molecule has 0 bridgehead atoms. The number of benzene rings is 1. The van der Waals surface area contributed by atoms with E-state index in [-0.39, 0.29) is 10.9 Å². The quantitative estimate of drug-likeness (QED) is 0.784. The molecule has 1 aromatic carbocycles. The Morgan fingerprint density at radius 2 is 2.21 bits per heavy atom. The number of nitrogens with one attached hydrogen (secondary N) is 2. The fourth-order valence-electron chi connectivity index (χ4n) is 1.72. The van der Waals surface area contributed by atoms with E-state index in [1.807, 2.05) is 0 Å². The predicted octanol–water partition coefficient (Wildman–Crippen LogP) is 1.48. The molecule has 2 N–H and O–H groups in total. The first-order valence-corrected chi connectivity index (χ1v) is 8.82. The van der Waals surface area contributed by atoms with Crippen molar-refractivity contribution in [3.63, 3.8) is 0 Å². The zero-order valence-corrected chi connectivity index (χ0v) is 14.0. The molecule has 1 unspecified atom stereocenters. The van der Waals surface area contributed by atoms with E-state index >= 15 is 0 Å². The predicted molar refractivity (Wildman–Crippen MR) is 79.6 cm³/mol. The summed E-state index contributed by atoms with van der Waals surface area (Å²) in [6.45, 7) is 2.23. The van der Waals surface area contributed by atoms with Crippen molar-refractivity contribution in [1.82, 2.24) is 10.0 Å². The number of sulfonamides is 1. The topological polar surface area (TPSA) is 67.4 Å². The maximum absolute atomic E-state index is 12.2.